The Hall–Kier alpha value is -0.870. The first-order chi connectivity index (χ1) is 6.83. The molecule has 84 valence electrons. The van der Waals surface area contributed by atoms with E-state index >= 15 is 0 Å². The zero-order valence-corrected chi connectivity index (χ0v) is 10.4. The monoisotopic (exact) mass is 227 g/mol. The first-order valence-electron chi connectivity index (χ1n) is 4.92. The maximum Gasteiger partial charge on any atom is 0.241 e. The summed E-state index contributed by atoms with van der Waals surface area (Å²) >= 11 is 0. The van der Waals surface area contributed by atoms with E-state index in [2.05, 4.69) is 4.72 Å². The van der Waals surface area contributed by atoms with Crippen LogP contribution in [0.1, 0.15) is 25.0 Å². The average Bonchev–Trinajstić information content (AvgIpc) is 2.06. The molecule has 1 rings (SSSR count). The molecule has 0 aliphatic rings. The summed E-state index contributed by atoms with van der Waals surface area (Å²) in [4.78, 5) is 0.371. The molecule has 15 heavy (non-hydrogen) atoms. The highest BCUT2D eigenvalue weighted by atomic mass is 32.2. The van der Waals surface area contributed by atoms with Crippen molar-refractivity contribution in [1.82, 2.24) is 4.72 Å². The molecular weight excluding hydrogens is 210 g/mol. The van der Waals surface area contributed by atoms with Gasteiger partial charge in [0.05, 0.1) is 4.90 Å². The van der Waals surface area contributed by atoms with E-state index < -0.39 is 10.0 Å². The molecule has 0 aliphatic heterocycles. The summed E-state index contributed by atoms with van der Waals surface area (Å²) in [6, 6.07) is 5.34. The molecular formula is C11H17NO2S. The summed E-state index contributed by atoms with van der Waals surface area (Å²) in [5.74, 6) is 0. The number of benzene rings is 1. The van der Waals surface area contributed by atoms with E-state index in [-0.39, 0.29) is 6.04 Å². The fourth-order valence-corrected chi connectivity index (χ4v) is 2.95. The third kappa shape index (κ3) is 3.04. The Balaban J connectivity index is 3.21. The molecule has 0 spiro atoms. The van der Waals surface area contributed by atoms with E-state index in [1.54, 1.807) is 13.0 Å². The summed E-state index contributed by atoms with van der Waals surface area (Å²) in [5, 5.41) is 0. The molecule has 3 nitrogen and oxygen atoms in total. The Morgan fingerprint density at radius 3 is 2.33 bits per heavy atom. The van der Waals surface area contributed by atoms with E-state index in [0.29, 0.717) is 4.90 Å². The summed E-state index contributed by atoms with van der Waals surface area (Å²) in [5.41, 5.74) is 1.72. The van der Waals surface area contributed by atoms with Gasteiger partial charge in [0.1, 0.15) is 0 Å². The Morgan fingerprint density at radius 1 is 1.20 bits per heavy atom. The van der Waals surface area contributed by atoms with Crippen LogP contribution in [0.4, 0.5) is 0 Å². The number of nitrogens with one attached hydrogen (secondary N) is 1. The lowest BCUT2D eigenvalue weighted by molar-refractivity contribution is 0.569. The lowest BCUT2D eigenvalue weighted by atomic mass is 10.2. The summed E-state index contributed by atoms with van der Waals surface area (Å²) < 4.78 is 26.4. The zero-order valence-electron chi connectivity index (χ0n) is 9.53. The van der Waals surface area contributed by atoms with Crippen molar-refractivity contribution in [3.05, 3.63) is 29.3 Å². The van der Waals surface area contributed by atoms with Crippen molar-refractivity contribution in [3.8, 4) is 0 Å². The first-order valence-corrected chi connectivity index (χ1v) is 6.41. The lowest BCUT2D eigenvalue weighted by Crippen LogP contribution is -2.30. The molecule has 0 aliphatic carbocycles. The molecule has 4 heteroatoms. The quantitative estimate of drug-likeness (QED) is 0.858. The van der Waals surface area contributed by atoms with E-state index in [1.165, 1.54) is 0 Å². The SMILES string of the molecule is Cc1ccc(C)c(S(=O)(=O)NC(C)C)c1. The van der Waals surface area contributed by atoms with Crippen LogP contribution in [0.25, 0.3) is 0 Å². The molecule has 0 unspecified atom stereocenters. The Morgan fingerprint density at radius 2 is 1.80 bits per heavy atom. The molecule has 0 saturated carbocycles. The number of rotatable bonds is 3. The highest BCUT2D eigenvalue weighted by Crippen LogP contribution is 2.16. The summed E-state index contributed by atoms with van der Waals surface area (Å²) in [7, 11) is -3.36. The highest BCUT2D eigenvalue weighted by Gasteiger charge is 2.17. The highest BCUT2D eigenvalue weighted by molar-refractivity contribution is 7.89. The van der Waals surface area contributed by atoms with Crippen molar-refractivity contribution in [2.75, 3.05) is 0 Å². The molecule has 0 radical (unpaired) electrons. The van der Waals surface area contributed by atoms with Crippen LogP contribution < -0.4 is 4.72 Å². The lowest BCUT2D eigenvalue weighted by Gasteiger charge is -2.12. The van der Waals surface area contributed by atoms with E-state index in [0.717, 1.165) is 11.1 Å². The predicted octanol–water partition coefficient (Wildman–Crippen LogP) is 1.99. The van der Waals surface area contributed by atoms with E-state index in [1.807, 2.05) is 32.9 Å². The Labute approximate surface area is 91.6 Å². The van der Waals surface area contributed by atoms with Crippen LogP contribution in [0.5, 0.6) is 0 Å². The topological polar surface area (TPSA) is 46.2 Å². The van der Waals surface area contributed by atoms with Gasteiger partial charge in [-0.25, -0.2) is 13.1 Å². The number of hydrogen-bond acceptors (Lipinski definition) is 2. The Bertz CT molecular complexity index is 450. The standard InChI is InChI=1S/C11H17NO2S/c1-8(2)12-15(13,14)11-7-9(3)5-6-10(11)4/h5-8,12H,1-4H3. The van der Waals surface area contributed by atoms with Crippen molar-refractivity contribution in [2.45, 2.75) is 38.6 Å². The second-order valence-corrected chi connectivity index (χ2v) is 5.73. The van der Waals surface area contributed by atoms with Crippen LogP contribution in [0, 0.1) is 13.8 Å². The largest absolute Gasteiger partial charge is 0.241 e. The van der Waals surface area contributed by atoms with Crippen LogP contribution in [-0.2, 0) is 10.0 Å². The first kappa shape index (κ1) is 12.2. The third-order valence-corrected chi connectivity index (χ3v) is 3.82. The second-order valence-electron chi connectivity index (χ2n) is 4.04. The maximum atomic E-state index is 11.9. The Kier molecular flexibility index (Phi) is 3.52. The van der Waals surface area contributed by atoms with Crippen LogP contribution in [0.15, 0.2) is 23.1 Å². The van der Waals surface area contributed by atoms with Gasteiger partial charge in [0.2, 0.25) is 10.0 Å². The smallest absolute Gasteiger partial charge is 0.209 e. The normalized spacial score (nSPS) is 12.1. The van der Waals surface area contributed by atoms with Crippen LogP contribution in [0.3, 0.4) is 0 Å². The van der Waals surface area contributed by atoms with Crippen LogP contribution in [-0.4, -0.2) is 14.5 Å². The molecule has 0 aromatic heterocycles. The predicted molar refractivity (Wildman–Crippen MR) is 61.4 cm³/mol. The minimum absolute atomic E-state index is 0.0880. The number of aryl methyl sites for hydroxylation is 2. The van der Waals surface area contributed by atoms with Crippen LogP contribution >= 0.6 is 0 Å². The van der Waals surface area contributed by atoms with Gasteiger partial charge in [-0.05, 0) is 44.9 Å². The third-order valence-electron chi connectivity index (χ3n) is 2.02. The van der Waals surface area contributed by atoms with Gasteiger partial charge in [-0.3, -0.25) is 0 Å². The number of hydrogen-bond donors (Lipinski definition) is 1. The molecule has 1 aromatic rings. The molecule has 0 amide bonds. The van der Waals surface area contributed by atoms with Gasteiger partial charge in [0.15, 0.2) is 0 Å². The van der Waals surface area contributed by atoms with Gasteiger partial charge < -0.3 is 0 Å². The minimum Gasteiger partial charge on any atom is -0.209 e. The molecule has 0 fully saturated rings. The molecule has 1 aromatic carbocycles. The summed E-state index contributed by atoms with van der Waals surface area (Å²) in [6.07, 6.45) is 0. The van der Waals surface area contributed by atoms with Crippen molar-refractivity contribution in [2.24, 2.45) is 0 Å². The maximum absolute atomic E-state index is 11.9. The van der Waals surface area contributed by atoms with E-state index in [4.69, 9.17) is 0 Å². The van der Waals surface area contributed by atoms with Gasteiger partial charge >= 0.3 is 0 Å². The van der Waals surface area contributed by atoms with Gasteiger partial charge in [0.25, 0.3) is 0 Å². The second kappa shape index (κ2) is 4.33. The molecule has 0 bridgehead atoms. The van der Waals surface area contributed by atoms with Crippen molar-refractivity contribution in [3.63, 3.8) is 0 Å². The van der Waals surface area contributed by atoms with Crippen molar-refractivity contribution >= 4 is 10.0 Å². The van der Waals surface area contributed by atoms with E-state index in [9.17, 15) is 8.42 Å². The fraction of sp³-hybridized carbons (Fsp3) is 0.455. The van der Waals surface area contributed by atoms with Crippen LogP contribution in [0.2, 0.25) is 0 Å². The zero-order chi connectivity index (χ0) is 11.6. The van der Waals surface area contributed by atoms with Crippen molar-refractivity contribution < 1.29 is 8.42 Å². The van der Waals surface area contributed by atoms with Gasteiger partial charge in [-0.2, -0.15) is 0 Å². The van der Waals surface area contributed by atoms with Crippen molar-refractivity contribution in [1.29, 1.82) is 0 Å². The molecule has 0 atom stereocenters. The molecule has 1 N–H and O–H groups in total. The average molecular weight is 227 g/mol. The minimum atomic E-state index is -3.36. The molecule has 0 heterocycles. The fourth-order valence-electron chi connectivity index (χ4n) is 1.37. The summed E-state index contributed by atoms with van der Waals surface area (Å²) in [6.45, 7) is 7.30. The van der Waals surface area contributed by atoms with Gasteiger partial charge in [-0.1, -0.05) is 12.1 Å². The number of sulfonamides is 1. The van der Waals surface area contributed by atoms with Gasteiger partial charge in [-0.15, -0.1) is 0 Å². The molecule has 0 saturated heterocycles. The van der Waals surface area contributed by atoms with Gasteiger partial charge in [0, 0.05) is 6.04 Å².